The Morgan fingerprint density at radius 2 is 2.15 bits per heavy atom. The molecule has 0 bridgehead atoms. The lowest BCUT2D eigenvalue weighted by Gasteiger charge is -2.29. The van der Waals surface area contributed by atoms with Crippen LogP contribution in [-0.2, 0) is 9.59 Å². The van der Waals surface area contributed by atoms with Crippen molar-refractivity contribution in [3.8, 4) is 0 Å². The van der Waals surface area contributed by atoms with Crippen LogP contribution in [0, 0.1) is 0 Å². The Morgan fingerprint density at radius 1 is 1.45 bits per heavy atom. The quantitative estimate of drug-likeness (QED) is 0.830. The first kappa shape index (κ1) is 14.7. The second-order valence-electron chi connectivity index (χ2n) is 5.05. The van der Waals surface area contributed by atoms with Crippen molar-refractivity contribution in [1.29, 1.82) is 0 Å². The topological polar surface area (TPSA) is 84.5 Å². The van der Waals surface area contributed by atoms with Gasteiger partial charge in [0, 0.05) is 5.02 Å². The Kier molecular flexibility index (Phi) is 3.92. The highest BCUT2D eigenvalue weighted by atomic mass is 35.5. The van der Waals surface area contributed by atoms with Crippen molar-refractivity contribution in [3.05, 3.63) is 34.9 Å². The highest BCUT2D eigenvalue weighted by Crippen LogP contribution is 2.24. The Morgan fingerprint density at radius 3 is 2.70 bits per heavy atom. The molecular formula is C14H16ClN3O2. The van der Waals surface area contributed by atoms with Crippen LogP contribution >= 0.6 is 11.6 Å². The standard InChI is InChI=1S/C14H16ClN3O2/c1-3-14(2,16)13-17-11(19)10(12(20)18-13)8-5-4-6-9(15)7-8/h4-7,10H,3,16H2,1-2H3,(H,17,18,19,20). The highest BCUT2D eigenvalue weighted by molar-refractivity contribution is 6.30. The van der Waals surface area contributed by atoms with Crippen LogP contribution in [0.15, 0.2) is 29.3 Å². The molecule has 2 rings (SSSR count). The van der Waals surface area contributed by atoms with Gasteiger partial charge in [-0.25, -0.2) is 0 Å². The third-order valence-electron chi connectivity index (χ3n) is 3.43. The predicted molar refractivity (Wildman–Crippen MR) is 77.7 cm³/mol. The first-order chi connectivity index (χ1) is 9.35. The second-order valence-corrected chi connectivity index (χ2v) is 5.48. The van der Waals surface area contributed by atoms with Gasteiger partial charge in [-0.2, -0.15) is 4.99 Å². The van der Waals surface area contributed by atoms with Crippen LogP contribution < -0.4 is 11.1 Å². The Hall–Kier alpha value is -1.72. The van der Waals surface area contributed by atoms with Gasteiger partial charge in [-0.1, -0.05) is 30.7 Å². The summed E-state index contributed by atoms with van der Waals surface area (Å²) < 4.78 is 0. The summed E-state index contributed by atoms with van der Waals surface area (Å²) in [7, 11) is 0. The van der Waals surface area contributed by atoms with Crippen LogP contribution in [0.25, 0.3) is 0 Å². The Bertz CT molecular complexity index is 596. The zero-order chi connectivity index (χ0) is 14.9. The SMILES string of the molecule is CCC(C)(N)C1=NC(=O)C(c2cccc(Cl)c2)C(=O)N1. The molecule has 106 valence electrons. The molecule has 0 aromatic heterocycles. The first-order valence-corrected chi connectivity index (χ1v) is 6.71. The van der Waals surface area contributed by atoms with E-state index in [-0.39, 0.29) is 5.84 Å². The van der Waals surface area contributed by atoms with Gasteiger partial charge in [0.05, 0.1) is 5.54 Å². The fourth-order valence-corrected chi connectivity index (χ4v) is 2.12. The maximum Gasteiger partial charge on any atom is 0.264 e. The molecule has 20 heavy (non-hydrogen) atoms. The molecule has 2 unspecified atom stereocenters. The van der Waals surface area contributed by atoms with Crippen LogP contribution in [0.1, 0.15) is 31.7 Å². The van der Waals surface area contributed by atoms with Crippen molar-refractivity contribution < 1.29 is 9.59 Å². The molecule has 1 aliphatic heterocycles. The van der Waals surface area contributed by atoms with E-state index >= 15 is 0 Å². The van der Waals surface area contributed by atoms with Crippen LogP contribution in [-0.4, -0.2) is 23.2 Å². The number of carbonyl (C=O) groups excluding carboxylic acids is 2. The van der Waals surface area contributed by atoms with Crippen LogP contribution in [0.5, 0.6) is 0 Å². The van der Waals surface area contributed by atoms with Gasteiger partial charge < -0.3 is 11.1 Å². The number of halogens is 1. The fourth-order valence-electron chi connectivity index (χ4n) is 1.92. The van der Waals surface area contributed by atoms with Crippen molar-refractivity contribution in [2.75, 3.05) is 0 Å². The molecule has 5 nitrogen and oxygen atoms in total. The summed E-state index contributed by atoms with van der Waals surface area (Å²) in [6.07, 6.45) is 0.557. The van der Waals surface area contributed by atoms with Gasteiger partial charge in [-0.3, -0.25) is 9.59 Å². The minimum absolute atomic E-state index is 0.216. The summed E-state index contributed by atoms with van der Waals surface area (Å²) in [5.41, 5.74) is 5.70. The number of hydrogen-bond donors (Lipinski definition) is 2. The fraction of sp³-hybridized carbons (Fsp3) is 0.357. The number of benzene rings is 1. The number of rotatable bonds is 3. The maximum absolute atomic E-state index is 12.2. The van der Waals surface area contributed by atoms with Crippen molar-refractivity contribution in [1.82, 2.24) is 5.32 Å². The zero-order valence-corrected chi connectivity index (χ0v) is 12.1. The number of hydrogen-bond acceptors (Lipinski definition) is 3. The molecule has 1 aliphatic rings. The third kappa shape index (κ3) is 2.73. The Labute approximate surface area is 122 Å². The van der Waals surface area contributed by atoms with Crippen LogP contribution in [0.3, 0.4) is 0 Å². The minimum Gasteiger partial charge on any atom is -0.319 e. The molecule has 6 heteroatoms. The van der Waals surface area contributed by atoms with E-state index in [4.69, 9.17) is 17.3 Å². The van der Waals surface area contributed by atoms with Crippen molar-refractivity contribution in [3.63, 3.8) is 0 Å². The predicted octanol–water partition coefficient (Wildman–Crippen LogP) is 1.61. The van der Waals surface area contributed by atoms with E-state index in [0.717, 1.165) is 0 Å². The van der Waals surface area contributed by atoms with Gasteiger partial charge in [0.15, 0.2) is 0 Å². The lowest BCUT2D eigenvalue weighted by Crippen LogP contribution is -2.56. The van der Waals surface area contributed by atoms with E-state index in [0.29, 0.717) is 17.0 Å². The van der Waals surface area contributed by atoms with E-state index < -0.39 is 23.3 Å². The molecule has 2 atom stereocenters. The van der Waals surface area contributed by atoms with Gasteiger partial charge in [-0.15, -0.1) is 0 Å². The van der Waals surface area contributed by atoms with Crippen LogP contribution in [0.2, 0.25) is 5.02 Å². The number of carbonyl (C=O) groups is 2. The summed E-state index contributed by atoms with van der Waals surface area (Å²) in [6, 6.07) is 6.64. The summed E-state index contributed by atoms with van der Waals surface area (Å²) in [5.74, 6) is -1.69. The van der Waals surface area contributed by atoms with Crippen molar-refractivity contribution in [2.24, 2.45) is 10.7 Å². The molecule has 1 aromatic rings. The minimum atomic E-state index is -0.967. The van der Waals surface area contributed by atoms with Crippen LogP contribution in [0.4, 0.5) is 0 Å². The monoisotopic (exact) mass is 293 g/mol. The Balaban J connectivity index is 2.37. The lowest BCUT2D eigenvalue weighted by atomic mass is 9.92. The number of amidine groups is 1. The average Bonchev–Trinajstić information content (AvgIpc) is 2.38. The summed E-state index contributed by atoms with van der Waals surface area (Å²) in [6.45, 7) is 3.58. The smallest absolute Gasteiger partial charge is 0.264 e. The van der Waals surface area contributed by atoms with E-state index in [2.05, 4.69) is 10.3 Å². The first-order valence-electron chi connectivity index (χ1n) is 6.33. The summed E-state index contributed by atoms with van der Waals surface area (Å²) in [5, 5.41) is 3.10. The number of aliphatic imine (C=N–C) groups is 1. The molecule has 0 saturated heterocycles. The summed E-state index contributed by atoms with van der Waals surface area (Å²) >= 11 is 5.88. The van der Waals surface area contributed by atoms with E-state index in [1.807, 2.05) is 6.92 Å². The lowest BCUT2D eigenvalue weighted by molar-refractivity contribution is -0.130. The molecule has 0 fully saturated rings. The highest BCUT2D eigenvalue weighted by Gasteiger charge is 2.37. The summed E-state index contributed by atoms with van der Waals surface area (Å²) in [4.78, 5) is 28.3. The van der Waals surface area contributed by atoms with Gasteiger partial charge >= 0.3 is 0 Å². The third-order valence-corrected chi connectivity index (χ3v) is 3.67. The zero-order valence-electron chi connectivity index (χ0n) is 11.3. The van der Waals surface area contributed by atoms with E-state index in [1.165, 1.54) is 0 Å². The van der Waals surface area contributed by atoms with Gasteiger partial charge in [0.2, 0.25) is 5.91 Å². The average molecular weight is 294 g/mol. The van der Waals surface area contributed by atoms with E-state index in [9.17, 15) is 9.59 Å². The number of nitrogens with zero attached hydrogens (tertiary/aromatic N) is 1. The molecule has 0 spiro atoms. The molecule has 2 amide bonds. The second kappa shape index (κ2) is 5.34. The number of amides is 2. The molecule has 1 aromatic carbocycles. The number of nitrogens with one attached hydrogen (secondary N) is 1. The van der Waals surface area contributed by atoms with Gasteiger partial charge in [-0.05, 0) is 31.0 Å². The number of nitrogens with two attached hydrogens (primary N) is 1. The molecule has 1 heterocycles. The maximum atomic E-state index is 12.2. The largest absolute Gasteiger partial charge is 0.319 e. The van der Waals surface area contributed by atoms with Crippen molar-refractivity contribution in [2.45, 2.75) is 31.7 Å². The molecule has 3 N–H and O–H groups in total. The molecule has 0 radical (unpaired) electrons. The van der Waals surface area contributed by atoms with Gasteiger partial charge in [0.1, 0.15) is 11.8 Å². The normalized spacial score (nSPS) is 22.0. The van der Waals surface area contributed by atoms with Gasteiger partial charge in [0.25, 0.3) is 5.91 Å². The molecule has 0 aliphatic carbocycles. The molecular weight excluding hydrogens is 278 g/mol. The molecule has 0 saturated carbocycles. The van der Waals surface area contributed by atoms with Crippen molar-refractivity contribution >= 4 is 29.3 Å². The van der Waals surface area contributed by atoms with E-state index in [1.54, 1.807) is 31.2 Å².